The lowest BCUT2D eigenvalue weighted by Crippen LogP contribution is -1.81. The number of fused-ring (bicyclic) bond motifs is 2. The summed E-state index contributed by atoms with van der Waals surface area (Å²) < 4.78 is 0. The van der Waals surface area contributed by atoms with Gasteiger partial charge in [-0.3, -0.25) is 0 Å². The highest BCUT2D eigenvalue weighted by Gasteiger charge is 2.08. The second kappa shape index (κ2) is 6.40. The number of nitrogens with zero attached hydrogens (tertiary/aromatic N) is 2. The quantitative estimate of drug-likeness (QED) is 0.407. The predicted molar refractivity (Wildman–Crippen MR) is 113 cm³/mol. The van der Waals surface area contributed by atoms with Crippen molar-refractivity contribution in [1.82, 2.24) is 19.9 Å². The van der Waals surface area contributed by atoms with Crippen molar-refractivity contribution in [2.75, 3.05) is 0 Å². The number of nitrogens with one attached hydrogen (secondary N) is 2. The summed E-state index contributed by atoms with van der Waals surface area (Å²) in [5.41, 5.74) is 8.73. The van der Waals surface area contributed by atoms with Crippen molar-refractivity contribution in [3.05, 3.63) is 72.1 Å². The third-order valence-electron chi connectivity index (χ3n) is 4.71. The number of aromatic nitrogens is 4. The molecule has 0 spiro atoms. The minimum absolute atomic E-state index is 0. The minimum atomic E-state index is 0. The zero-order valence-electron chi connectivity index (χ0n) is 14.7. The molecule has 0 saturated heterocycles. The number of H-pyrrole nitrogens is 2. The van der Waals surface area contributed by atoms with Crippen LogP contribution in [-0.2, 0) is 0 Å². The first kappa shape index (κ1) is 17.0. The molecule has 5 rings (SSSR count). The lowest BCUT2D eigenvalue weighted by molar-refractivity contribution is 1.17. The first-order valence-electron chi connectivity index (χ1n) is 8.69. The van der Waals surface area contributed by atoms with Gasteiger partial charge in [0.15, 0.2) is 0 Å². The summed E-state index contributed by atoms with van der Waals surface area (Å²) in [4.78, 5) is 16.0. The highest BCUT2D eigenvalue weighted by Crippen LogP contribution is 2.28. The zero-order valence-corrected chi connectivity index (χ0v) is 14.7. The molecule has 4 nitrogen and oxygen atoms in total. The molecule has 0 unspecified atom stereocenters. The highest BCUT2D eigenvalue weighted by atomic mass is 14.9. The molecule has 5 aromatic rings. The van der Waals surface area contributed by atoms with Gasteiger partial charge in [0.05, 0.1) is 22.1 Å². The highest BCUT2D eigenvalue weighted by molar-refractivity contribution is 5.87. The maximum atomic E-state index is 4.74. The molecule has 0 aliphatic heterocycles. The average molecular weight is 354 g/mol. The predicted octanol–water partition coefficient (Wildman–Crippen LogP) is 6.03. The van der Waals surface area contributed by atoms with Crippen LogP contribution in [0, 0.1) is 13.8 Å². The smallest absolute Gasteiger partial charge is 0.138 e. The average Bonchev–Trinajstić information content (AvgIpc) is 3.22. The molecule has 3 aromatic carbocycles. The Labute approximate surface area is 158 Å². The monoisotopic (exact) mass is 354 g/mol. The van der Waals surface area contributed by atoms with Gasteiger partial charge in [-0.25, -0.2) is 9.97 Å². The topological polar surface area (TPSA) is 57.4 Å². The van der Waals surface area contributed by atoms with Gasteiger partial charge in [-0.05, 0) is 55.3 Å². The molecule has 0 atom stereocenters. The first-order chi connectivity index (χ1) is 12.7. The van der Waals surface area contributed by atoms with Gasteiger partial charge >= 0.3 is 0 Å². The number of hydrogen-bond acceptors (Lipinski definition) is 2. The largest absolute Gasteiger partial charge is 0.342 e. The van der Waals surface area contributed by atoms with Crippen LogP contribution in [0.3, 0.4) is 0 Å². The van der Waals surface area contributed by atoms with Crippen molar-refractivity contribution in [1.29, 1.82) is 0 Å². The second-order valence-electron chi connectivity index (χ2n) is 6.74. The van der Waals surface area contributed by atoms with E-state index in [-0.39, 0.29) is 7.43 Å². The first-order valence-corrected chi connectivity index (χ1v) is 8.69. The summed E-state index contributed by atoms with van der Waals surface area (Å²) in [6, 6.07) is 21.1. The van der Waals surface area contributed by atoms with Gasteiger partial charge in [0.2, 0.25) is 0 Å². The molecule has 0 amide bonds. The van der Waals surface area contributed by atoms with E-state index in [9.17, 15) is 0 Å². The fourth-order valence-corrected chi connectivity index (χ4v) is 3.44. The zero-order chi connectivity index (χ0) is 17.7. The molecule has 2 aromatic heterocycles. The van der Waals surface area contributed by atoms with E-state index in [1.165, 1.54) is 5.56 Å². The normalized spacial score (nSPS) is 11.0. The Morgan fingerprint density at radius 3 is 2.04 bits per heavy atom. The van der Waals surface area contributed by atoms with Crippen LogP contribution >= 0.6 is 0 Å². The maximum Gasteiger partial charge on any atom is 0.138 e. The van der Waals surface area contributed by atoms with Crippen LogP contribution in [0.4, 0.5) is 0 Å². The van der Waals surface area contributed by atoms with Crippen LogP contribution in [0.5, 0.6) is 0 Å². The maximum absolute atomic E-state index is 4.74. The van der Waals surface area contributed by atoms with E-state index in [0.29, 0.717) is 0 Å². The molecule has 27 heavy (non-hydrogen) atoms. The summed E-state index contributed by atoms with van der Waals surface area (Å²) in [6.07, 6.45) is 0. The van der Waals surface area contributed by atoms with Gasteiger partial charge in [0.25, 0.3) is 0 Å². The number of aryl methyl sites for hydroxylation is 2. The standard InChI is InChI=1S/C22H18N4.CH4/c1-13-4-3-5-17(10-13)22-25-19-9-7-16(12-21(19)26-22)15-6-8-18-20(11-15)24-14(2)23-18;/h3-12H,1-2H3,(H,23,24)(H,25,26);1H4. The van der Waals surface area contributed by atoms with Crippen molar-refractivity contribution in [3.8, 4) is 22.5 Å². The van der Waals surface area contributed by atoms with Gasteiger partial charge in [-0.2, -0.15) is 0 Å². The van der Waals surface area contributed by atoms with Crippen LogP contribution in [0.25, 0.3) is 44.6 Å². The van der Waals surface area contributed by atoms with Crippen molar-refractivity contribution in [2.45, 2.75) is 21.3 Å². The van der Waals surface area contributed by atoms with Crippen LogP contribution in [-0.4, -0.2) is 19.9 Å². The molecular weight excluding hydrogens is 332 g/mol. The lowest BCUT2D eigenvalue weighted by Gasteiger charge is -2.01. The van der Waals surface area contributed by atoms with Gasteiger partial charge in [-0.15, -0.1) is 0 Å². The molecular formula is C23H22N4. The van der Waals surface area contributed by atoms with E-state index in [0.717, 1.165) is 50.4 Å². The van der Waals surface area contributed by atoms with Crippen LogP contribution in [0.2, 0.25) is 0 Å². The Morgan fingerprint density at radius 2 is 1.33 bits per heavy atom. The molecule has 0 radical (unpaired) electrons. The molecule has 0 fully saturated rings. The summed E-state index contributed by atoms with van der Waals surface area (Å²) in [5.74, 6) is 1.84. The van der Waals surface area contributed by atoms with E-state index < -0.39 is 0 Å². The fraction of sp³-hybridized carbons (Fsp3) is 0.130. The van der Waals surface area contributed by atoms with Crippen molar-refractivity contribution in [2.24, 2.45) is 0 Å². The number of imidazole rings is 2. The molecule has 0 saturated carbocycles. The molecule has 2 heterocycles. The molecule has 4 heteroatoms. The SMILES string of the molecule is C.Cc1cccc(-c2nc3ccc(-c4ccc5nc(C)[nH]c5c4)cc3[nH]2)c1. The Hall–Kier alpha value is -3.40. The molecule has 0 aliphatic carbocycles. The van der Waals surface area contributed by atoms with Gasteiger partial charge in [-0.1, -0.05) is 43.3 Å². The lowest BCUT2D eigenvalue weighted by atomic mass is 10.0. The third kappa shape index (κ3) is 2.99. The molecule has 2 N–H and O–H groups in total. The van der Waals surface area contributed by atoms with Crippen LogP contribution in [0.1, 0.15) is 18.8 Å². The summed E-state index contributed by atoms with van der Waals surface area (Å²) >= 11 is 0. The Balaban J connectivity index is 0.00000180. The second-order valence-corrected chi connectivity index (χ2v) is 6.74. The van der Waals surface area contributed by atoms with Gasteiger partial charge in [0.1, 0.15) is 11.6 Å². The number of benzene rings is 3. The van der Waals surface area contributed by atoms with E-state index in [1.54, 1.807) is 0 Å². The van der Waals surface area contributed by atoms with Crippen molar-refractivity contribution in [3.63, 3.8) is 0 Å². The Morgan fingerprint density at radius 1 is 0.667 bits per heavy atom. The minimum Gasteiger partial charge on any atom is -0.342 e. The van der Waals surface area contributed by atoms with Crippen molar-refractivity contribution >= 4 is 22.1 Å². The number of hydrogen-bond donors (Lipinski definition) is 2. The number of rotatable bonds is 2. The Kier molecular flexibility index (Phi) is 4.04. The van der Waals surface area contributed by atoms with E-state index in [1.807, 2.05) is 6.92 Å². The van der Waals surface area contributed by atoms with Crippen LogP contribution < -0.4 is 0 Å². The summed E-state index contributed by atoms with van der Waals surface area (Å²) in [7, 11) is 0. The van der Waals surface area contributed by atoms with Gasteiger partial charge in [0, 0.05) is 5.56 Å². The molecule has 134 valence electrons. The summed E-state index contributed by atoms with van der Waals surface area (Å²) in [5, 5.41) is 0. The molecule has 0 bridgehead atoms. The Bertz CT molecular complexity index is 1260. The van der Waals surface area contributed by atoms with Gasteiger partial charge < -0.3 is 9.97 Å². The molecule has 0 aliphatic rings. The fourth-order valence-electron chi connectivity index (χ4n) is 3.44. The summed E-state index contributed by atoms with van der Waals surface area (Å²) in [6.45, 7) is 4.07. The van der Waals surface area contributed by atoms with Crippen molar-refractivity contribution < 1.29 is 0 Å². The third-order valence-corrected chi connectivity index (χ3v) is 4.71. The van der Waals surface area contributed by atoms with E-state index in [4.69, 9.17) is 4.98 Å². The van der Waals surface area contributed by atoms with E-state index in [2.05, 4.69) is 82.5 Å². The van der Waals surface area contributed by atoms with Crippen LogP contribution in [0.15, 0.2) is 60.7 Å². The van der Waals surface area contributed by atoms with E-state index >= 15 is 0 Å². The number of aromatic amines is 2.